The predicted molar refractivity (Wildman–Crippen MR) is 85.8 cm³/mol. The molecule has 0 radical (unpaired) electrons. The fourth-order valence-corrected chi connectivity index (χ4v) is 6.77. The lowest BCUT2D eigenvalue weighted by Gasteiger charge is -2.54. The molecule has 0 spiro atoms. The number of ketones is 2. The number of rotatable bonds is 0. The molecular weight excluding hydrogens is 307 g/mol. The minimum Gasteiger partial charge on any atom is -0.504 e. The first-order valence-corrected chi connectivity index (χ1v) is 9.14. The number of allylic oxidation sites excluding steroid dienone is 4. The lowest BCUT2D eigenvalue weighted by molar-refractivity contribution is -0.133. The van der Waals surface area contributed by atoms with Crippen molar-refractivity contribution in [3.63, 3.8) is 0 Å². The number of hydrogen-bond donors (Lipinski definition) is 1. The van der Waals surface area contributed by atoms with Crippen molar-refractivity contribution in [2.45, 2.75) is 45.7 Å². The van der Waals surface area contributed by atoms with Crippen LogP contribution in [0.5, 0.6) is 0 Å². The highest BCUT2D eigenvalue weighted by molar-refractivity contribution is 6.00. The molecule has 5 rings (SSSR count). The highest BCUT2D eigenvalue weighted by Gasteiger charge is 2.67. The van der Waals surface area contributed by atoms with Crippen LogP contribution in [0.2, 0.25) is 0 Å². The number of carbonyl (C=O) groups is 2. The van der Waals surface area contributed by atoms with Crippen molar-refractivity contribution in [1.82, 2.24) is 0 Å². The van der Waals surface area contributed by atoms with E-state index >= 15 is 0 Å². The average Bonchev–Trinajstić information content (AvgIpc) is 3.32. The van der Waals surface area contributed by atoms with Gasteiger partial charge in [-0.3, -0.25) is 9.59 Å². The van der Waals surface area contributed by atoms with E-state index in [2.05, 4.69) is 13.0 Å². The molecule has 0 bridgehead atoms. The first kappa shape index (κ1) is 14.9. The monoisotopic (exact) mass is 330 g/mol. The average molecular weight is 330 g/mol. The van der Waals surface area contributed by atoms with Crippen LogP contribution in [0.25, 0.3) is 0 Å². The Kier molecular flexibility index (Phi) is 2.60. The number of alkyl halides is 1. The molecule has 0 aromatic heterocycles. The van der Waals surface area contributed by atoms with Crippen LogP contribution >= 0.6 is 0 Å². The Hall–Kier alpha value is -1.45. The molecule has 8 atom stereocenters. The van der Waals surface area contributed by atoms with Crippen LogP contribution in [0, 0.1) is 40.4 Å². The molecule has 3 saturated carbocycles. The number of aliphatic hydroxyl groups is 1. The predicted octanol–water partition coefficient (Wildman–Crippen LogP) is 3.55. The standard InChI is InChI=1S/C20H23FO3/c1-19-6-5-11-9(13(19)8-15(21)18(19)24)3-4-12-17(23)16(22)10-7-14(10)20(11,12)2/h3-4,9-11,13-15,23H,5-8H2,1-2H3/t9-,10+,11+,13+,14?,15-,19+,20-/m1/s1. The normalized spacial score (nSPS) is 55.0. The molecule has 1 unspecified atom stereocenters. The zero-order chi connectivity index (χ0) is 17.0. The molecule has 5 aliphatic rings. The van der Waals surface area contributed by atoms with Gasteiger partial charge in [0.1, 0.15) is 0 Å². The van der Waals surface area contributed by atoms with Gasteiger partial charge in [-0.1, -0.05) is 26.0 Å². The number of halogens is 1. The van der Waals surface area contributed by atoms with Crippen molar-refractivity contribution < 1.29 is 19.1 Å². The zero-order valence-electron chi connectivity index (χ0n) is 14.1. The van der Waals surface area contributed by atoms with E-state index in [1.54, 1.807) is 0 Å². The summed E-state index contributed by atoms with van der Waals surface area (Å²) in [5, 5.41) is 10.4. The highest BCUT2D eigenvalue weighted by Crippen LogP contribution is 2.69. The summed E-state index contributed by atoms with van der Waals surface area (Å²) in [7, 11) is 0. The summed E-state index contributed by atoms with van der Waals surface area (Å²) in [4.78, 5) is 24.6. The first-order chi connectivity index (χ1) is 11.3. The van der Waals surface area contributed by atoms with E-state index in [4.69, 9.17) is 0 Å². The van der Waals surface area contributed by atoms with Gasteiger partial charge in [-0.25, -0.2) is 4.39 Å². The summed E-state index contributed by atoms with van der Waals surface area (Å²) >= 11 is 0. The molecule has 0 aromatic rings. The molecular formula is C20H23FO3. The molecule has 0 aliphatic heterocycles. The minimum atomic E-state index is -1.33. The van der Waals surface area contributed by atoms with Gasteiger partial charge in [0.15, 0.2) is 17.7 Å². The summed E-state index contributed by atoms with van der Waals surface area (Å²) in [6.07, 6.45) is 5.41. The van der Waals surface area contributed by atoms with Crippen LogP contribution in [-0.2, 0) is 9.59 Å². The second-order valence-electron chi connectivity index (χ2n) is 9.03. The van der Waals surface area contributed by atoms with Gasteiger partial charge in [-0.2, -0.15) is 0 Å². The number of aliphatic hydroxyl groups excluding tert-OH is 1. The van der Waals surface area contributed by atoms with Gasteiger partial charge in [0, 0.05) is 22.3 Å². The van der Waals surface area contributed by atoms with Crippen molar-refractivity contribution >= 4 is 11.6 Å². The number of Topliss-reactive ketones (excluding diaryl/α,β-unsaturated/α-hetero) is 2. The fraction of sp³-hybridized carbons (Fsp3) is 0.700. The molecule has 3 fully saturated rings. The van der Waals surface area contributed by atoms with Gasteiger partial charge >= 0.3 is 0 Å². The number of fused-ring (bicyclic) bond motifs is 7. The Labute approximate surface area is 141 Å². The molecule has 0 amide bonds. The van der Waals surface area contributed by atoms with Crippen LogP contribution in [0.3, 0.4) is 0 Å². The summed E-state index contributed by atoms with van der Waals surface area (Å²) in [6.45, 7) is 4.13. The van der Waals surface area contributed by atoms with Crippen molar-refractivity contribution in [2.24, 2.45) is 40.4 Å². The number of carbonyl (C=O) groups excluding carboxylic acids is 2. The van der Waals surface area contributed by atoms with E-state index in [1.165, 1.54) is 0 Å². The fourth-order valence-electron chi connectivity index (χ4n) is 6.77. The first-order valence-electron chi connectivity index (χ1n) is 9.14. The molecule has 24 heavy (non-hydrogen) atoms. The maximum Gasteiger partial charge on any atom is 0.200 e. The van der Waals surface area contributed by atoms with Crippen molar-refractivity contribution in [1.29, 1.82) is 0 Å². The third-order valence-electron chi connectivity index (χ3n) is 8.25. The van der Waals surface area contributed by atoms with Crippen LogP contribution in [0.15, 0.2) is 23.5 Å². The maximum absolute atomic E-state index is 14.2. The molecule has 128 valence electrons. The minimum absolute atomic E-state index is 0.0293. The van der Waals surface area contributed by atoms with Gasteiger partial charge in [0.05, 0.1) is 0 Å². The van der Waals surface area contributed by atoms with E-state index in [9.17, 15) is 19.1 Å². The smallest absolute Gasteiger partial charge is 0.200 e. The van der Waals surface area contributed by atoms with E-state index in [1.807, 2.05) is 13.0 Å². The quantitative estimate of drug-likeness (QED) is 0.739. The van der Waals surface area contributed by atoms with Gasteiger partial charge in [0.2, 0.25) is 5.78 Å². The summed E-state index contributed by atoms with van der Waals surface area (Å²) in [5.41, 5.74) is 0.0379. The van der Waals surface area contributed by atoms with Crippen LogP contribution in [0.4, 0.5) is 4.39 Å². The lowest BCUT2D eigenvalue weighted by atomic mass is 9.49. The lowest BCUT2D eigenvalue weighted by Crippen LogP contribution is -2.50. The Morgan fingerprint density at radius 1 is 1.17 bits per heavy atom. The van der Waals surface area contributed by atoms with Crippen molar-refractivity contribution in [2.75, 3.05) is 0 Å². The van der Waals surface area contributed by atoms with Gasteiger partial charge < -0.3 is 5.11 Å². The van der Waals surface area contributed by atoms with Crippen LogP contribution in [-0.4, -0.2) is 22.8 Å². The molecule has 3 nitrogen and oxygen atoms in total. The van der Waals surface area contributed by atoms with Crippen LogP contribution < -0.4 is 0 Å². The third-order valence-corrected chi connectivity index (χ3v) is 8.25. The maximum atomic E-state index is 14.2. The highest BCUT2D eigenvalue weighted by atomic mass is 19.1. The number of hydrogen-bond acceptors (Lipinski definition) is 3. The molecule has 0 saturated heterocycles. The van der Waals surface area contributed by atoms with Crippen molar-refractivity contribution in [3.8, 4) is 0 Å². The van der Waals surface area contributed by atoms with Crippen LogP contribution in [0.1, 0.15) is 39.5 Å². The molecule has 5 aliphatic carbocycles. The largest absolute Gasteiger partial charge is 0.504 e. The summed E-state index contributed by atoms with van der Waals surface area (Å²) < 4.78 is 14.2. The second-order valence-corrected chi connectivity index (χ2v) is 9.03. The zero-order valence-corrected chi connectivity index (χ0v) is 14.1. The molecule has 0 aromatic carbocycles. The summed E-state index contributed by atoms with van der Waals surface area (Å²) in [5.74, 6) is 0.418. The van der Waals surface area contributed by atoms with E-state index in [0.717, 1.165) is 24.8 Å². The Bertz CT molecular complexity index is 737. The van der Waals surface area contributed by atoms with Gasteiger partial charge in [-0.15, -0.1) is 0 Å². The third kappa shape index (κ3) is 1.45. The van der Waals surface area contributed by atoms with Gasteiger partial charge in [0.25, 0.3) is 0 Å². The molecule has 0 heterocycles. The summed E-state index contributed by atoms with van der Waals surface area (Å²) in [6, 6.07) is 0. The molecule has 4 heteroatoms. The van der Waals surface area contributed by atoms with Crippen molar-refractivity contribution in [3.05, 3.63) is 23.5 Å². The van der Waals surface area contributed by atoms with Gasteiger partial charge in [-0.05, 0) is 49.4 Å². The second kappa shape index (κ2) is 4.20. The Balaban J connectivity index is 1.63. The molecule has 1 N–H and O–H groups in total. The van der Waals surface area contributed by atoms with E-state index < -0.39 is 11.6 Å². The Morgan fingerprint density at radius 2 is 1.92 bits per heavy atom. The SMILES string of the molecule is C[C@]12CC[C@H]3[C@@H](C=CC4=C(O)C(=O)[C@H]5CC5[C@@]43C)[C@@H]1C[C@@H](F)C2=O. The van der Waals surface area contributed by atoms with E-state index in [0.29, 0.717) is 18.3 Å². The Morgan fingerprint density at radius 3 is 2.67 bits per heavy atom. The topological polar surface area (TPSA) is 54.4 Å². The van der Waals surface area contributed by atoms with E-state index in [-0.39, 0.29) is 40.5 Å².